The van der Waals surface area contributed by atoms with E-state index in [2.05, 4.69) is 29.1 Å². The number of aromatic nitrogens is 1. The fraction of sp³-hybridized carbons (Fsp3) is 0.364. The number of pyridine rings is 1. The van der Waals surface area contributed by atoms with Crippen molar-refractivity contribution >= 4 is 0 Å². The van der Waals surface area contributed by atoms with Gasteiger partial charge in [-0.05, 0) is 12.6 Å². The lowest BCUT2D eigenvalue weighted by Crippen LogP contribution is -2.11. The Hall–Kier alpha value is -1.53. The van der Waals surface area contributed by atoms with E-state index in [1.807, 2.05) is 6.07 Å². The van der Waals surface area contributed by atoms with Crippen LogP contribution in [-0.4, -0.2) is 25.2 Å². The van der Waals surface area contributed by atoms with Crippen molar-refractivity contribution in [2.45, 2.75) is 6.92 Å². The lowest BCUT2D eigenvalue weighted by Gasteiger charge is -1.97. The first-order valence-corrected chi connectivity index (χ1v) is 4.55. The third-order valence-electron chi connectivity index (χ3n) is 1.64. The van der Waals surface area contributed by atoms with Crippen LogP contribution in [0.2, 0.25) is 0 Å². The molecule has 0 aliphatic carbocycles. The van der Waals surface area contributed by atoms with Crippen LogP contribution in [0.15, 0.2) is 18.5 Å². The van der Waals surface area contributed by atoms with Gasteiger partial charge in [0.15, 0.2) is 0 Å². The van der Waals surface area contributed by atoms with E-state index in [9.17, 15) is 0 Å². The summed E-state index contributed by atoms with van der Waals surface area (Å²) in [5.41, 5.74) is 0.877. The first-order valence-electron chi connectivity index (χ1n) is 4.55. The molecule has 14 heavy (non-hydrogen) atoms. The predicted molar refractivity (Wildman–Crippen MR) is 56.2 cm³/mol. The maximum absolute atomic E-state index is 5.04. The van der Waals surface area contributed by atoms with Crippen molar-refractivity contribution in [2.75, 3.05) is 20.2 Å². The largest absolute Gasteiger partial charge is 0.495 e. The number of rotatable bonds is 3. The molecule has 1 rings (SSSR count). The molecule has 0 aliphatic rings. The minimum absolute atomic E-state index is 0.702. The van der Waals surface area contributed by atoms with Crippen molar-refractivity contribution in [2.24, 2.45) is 0 Å². The molecule has 0 radical (unpaired) electrons. The van der Waals surface area contributed by atoms with Crippen LogP contribution in [0.5, 0.6) is 5.75 Å². The van der Waals surface area contributed by atoms with Crippen molar-refractivity contribution < 1.29 is 4.74 Å². The number of hydrogen-bond donors (Lipinski definition) is 1. The topological polar surface area (TPSA) is 34.2 Å². The first kappa shape index (κ1) is 10.6. The normalized spacial score (nSPS) is 9.00. The van der Waals surface area contributed by atoms with Gasteiger partial charge in [0.1, 0.15) is 5.75 Å². The summed E-state index contributed by atoms with van der Waals surface area (Å²) in [6, 6.07) is 1.87. The van der Waals surface area contributed by atoms with Crippen LogP contribution in [0.4, 0.5) is 0 Å². The fourth-order valence-corrected chi connectivity index (χ4v) is 0.933. The van der Waals surface area contributed by atoms with Crippen LogP contribution in [-0.2, 0) is 0 Å². The molecule has 3 heteroatoms. The van der Waals surface area contributed by atoms with Crippen molar-refractivity contribution in [3.05, 3.63) is 24.0 Å². The van der Waals surface area contributed by atoms with Crippen LogP contribution >= 0.6 is 0 Å². The molecule has 0 aromatic carbocycles. The van der Waals surface area contributed by atoms with E-state index in [4.69, 9.17) is 4.74 Å². The molecule has 0 amide bonds. The summed E-state index contributed by atoms with van der Waals surface area (Å²) < 4.78 is 5.04. The molecule has 0 saturated heterocycles. The van der Waals surface area contributed by atoms with E-state index in [0.29, 0.717) is 6.54 Å². The van der Waals surface area contributed by atoms with Gasteiger partial charge in [-0.3, -0.25) is 4.98 Å². The molecule has 0 aliphatic heterocycles. The van der Waals surface area contributed by atoms with E-state index >= 15 is 0 Å². The van der Waals surface area contributed by atoms with Crippen molar-refractivity contribution in [1.82, 2.24) is 10.3 Å². The van der Waals surface area contributed by atoms with Gasteiger partial charge in [-0.2, -0.15) is 0 Å². The Kier molecular flexibility index (Phi) is 4.53. The summed E-state index contributed by atoms with van der Waals surface area (Å²) in [6.45, 7) is 3.69. The van der Waals surface area contributed by atoms with Crippen molar-refractivity contribution in [1.29, 1.82) is 0 Å². The first-order chi connectivity index (χ1) is 6.86. The maximum atomic E-state index is 5.04. The highest BCUT2D eigenvalue weighted by molar-refractivity contribution is 5.36. The fourth-order valence-electron chi connectivity index (χ4n) is 0.933. The molecule has 0 atom stereocenters. The quantitative estimate of drug-likeness (QED) is 0.571. The standard InChI is InChI=1S/C11H14N2O/c1-3-12-6-4-5-10-7-11(14-2)9-13-8-10/h7-9,12H,3,6H2,1-2H3. The Bertz CT molecular complexity index is 339. The van der Waals surface area contributed by atoms with Gasteiger partial charge in [-0.15, -0.1) is 0 Å². The maximum Gasteiger partial charge on any atom is 0.138 e. The van der Waals surface area contributed by atoms with Gasteiger partial charge in [-0.25, -0.2) is 0 Å². The summed E-state index contributed by atoms with van der Waals surface area (Å²) >= 11 is 0. The lowest BCUT2D eigenvalue weighted by atomic mass is 10.3. The molecule has 1 aromatic heterocycles. The van der Waals surface area contributed by atoms with Gasteiger partial charge in [0.05, 0.1) is 19.9 Å². The molecular weight excluding hydrogens is 176 g/mol. The van der Waals surface area contributed by atoms with Crippen molar-refractivity contribution in [3.63, 3.8) is 0 Å². The Labute approximate surface area is 84.5 Å². The minimum atomic E-state index is 0.702. The SMILES string of the molecule is CCNCC#Cc1cncc(OC)c1. The van der Waals surface area contributed by atoms with Gasteiger partial charge in [0.25, 0.3) is 0 Å². The molecule has 0 spiro atoms. The zero-order valence-electron chi connectivity index (χ0n) is 8.50. The Balaban J connectivity index is 2.60. The van der Waals surface area contributed by atoms with Crippen LogP contribution in [0.3, 0.4) is 0 Å². The summed E-state index contributed by atoms with van der Waals surface area (Å²) in [5, 5.41) is 3.12. The zero-order chi connectivity index (χ0) is 10.2. The predicted octanol–water partition coefficient (Wildman–Crippen LogP) is 1.05. The van der Waals surface area contributed by atoms with E-state index in [0.717, 1.165) is 17.9 Å². The van der Waals surface area contributed by atoms with Crippen LogP contribution in [0.1, 0.15) is 12.5 Å². The van der Waals surface area contributed by atoms with Crippen molar-refractivity contribution in [3.8, 4) is 17.6 Å². The summed E-state index contributed by atoms with van der Waals surface area (Å²) in [4.78, 5) is 4.01. The highest BCUT2D eigenvalue weighted by atomic mass is 16.5. The molecular formula is C11H14N2O. The van der Waals surface area contributed by atoms with Gasteiger partial charge in [0, 0.05) is 11.8 Å². The monoisotopic (exact) mass is 190 g/mol. The number of nitrogens with zero attached hydrogens (tertiary/aromatic N) is 1. The molecule has 0 bridgehead atoms. The Morgan fingerprint density at radius 1 is 1.50 bits per heavy atom. The number of hydrogen-bond acceptors (Lipinski definition) is 3. The molecule has 1 N–H and O–H groups in total. The lowest BCUT2D eigenvalue weighted by molar-refractivity contribution is 0.413. The molecule has 0 unspecified atom stereocenters. The summed E-state index contributed by atoms with van der Waals surface area (Å²) in [5.74, 6) is 6.73. The molecule has 3 nitrogen and oxygen atoms in total. The molecule has 1 aromatic rings. The molecule has 1 heterocycles. The molecule has 74 valence electrons. The van der Waals surface area contributed by atoms with E-state index in [-0.39, 0.29) is 0 Å². The van der Waals surface area contributed by atoms with E-state index in [1.54, 1.807) is 19.5 Å². The second kappa shape index (κ2) is 6.01. The van der Waals surface area contributed by atoms with E-state index < -0.39 is 0 Å². The number of ether oxygens (including phenoxy) is 1. The summed E-state index contributed by atoms with van der Waals surface area (Å²) in [7, 11) is 1.62. The smallest absolute Gasteiger partial charge is 0.138 e. The van der Waals surface area contributed by atoms with Gasteiger partial charge in [0.2, 0.25) is 0 Å². The number of methoxy groups -OCH3 is 1. The molecule has 0 saturated carbocycles. The second-order valence-electron chi connectivity index (χ2n) is 2.70. The zero-order valence-corrected chi connectivity index (χ0v) is 8.50. The van der Waals surface area contributed by atoms with Crippen LogP contribution < -0.4 is 10.1 Å². The van der Waals surface area contributed by atoms with Crippen LogP contribution in [0, 0.1) is 11.8 Å². The van der Waals surface area contributed by atoms with E-state index in [1.165, 1.54) is 0 Å². The van der Waals surface area contributed by atoms with Gasteiger partial charge in [-0.1, -0.05) is 18.8 Å². The number of nitrogens with one attached hydrogen (secondary N) is 1. The second-order valence-corrected chi connectivity index (χ2v) is 2.70. The highest BCUT2D eigenvalue weighted by Crippen LogP contribution is 2.08. The van der Waals surface area contributed by atoms with Gasteiger partial charge < -0.3 is 10.1 Å². The third-order valence-corrected chi connectivity index (χ3v) is 1.64. The van der Waals surface area contributed by atoms with Crippen LogP contribution in [0.25, 0.3) is 0 Å². The Morgan fingerprint density at radius 3 is 3.07 bits per heavy atom. The average molecular weight is 190 g/mol. The highest BCUT2D eigenvalue weighted by Gasteiger charge is 1.91. The Morgan fingerprint density at radius 2 is 2.36 bits per heavy atom. The summed E-state index contributed by atoms with van der Waals surface area (Å²) in [6.07, 6.45) is 3.39. The average Bonchev–Trinajstić information content (AvgIpc) is 2.25. The molecule has 0 fully saturated rings. The van der Waals surface area contributed by atoms with Gasteiger partial charge >= 0.3 is 0 Å². The third kappa shape index (κ3) is 3.46. The minimum Gasteiger partial charge on any atom is -0.495 e.